The molecule has 12 nitrogen and oxygen atoms in total. The Balaban J connectivity index is 1.30. The van der Waals surface area contributed by atoms with Crippen LogP contribution in [0.5, 0.6) is 5.75 Å². The highest BCUT2D eigenvalue weighted by Crippen LogP contribution is 2.41. The van der Waals surface area contributed by atoms with Gasteiger partial charge < -0.3 is 28.7 Å². The van der Waals surface area contributed by atoms with E-state index < -0.39 is 28.1 Å². The van der Waals surface area contributed by atoms with Crippen molar-refractivity contribution in [3.05, 3.63) is 87.5 Å². The Morgan fingerprint density at radius 3 is 2.69 bits per heavy atom. The van der Waals surface area contributed by atoms with Gasteiger partial charge in [0.05, 0.1) is 36.9 Å². The molecule has 1 amide bonds. The quantitative estimate of drug-likeness (QED) is 0.162. The van der Waals surface area contributed by atoms with Crippen LogP contribution in [0.4, 0.5) is 10.6 Å². The third-order valence-electron chi connectivity index (χ3n) is 8.36. The number of ether oxygens (including phenoxy) is 4. The smallest absolute Gasteiger partial charge is 0.410 e. The van der Waals surface area contributed by atoms with Crippen LogP contribution in [0.3, 0.4) is 0 Å². The highest BCUT2D eigenvalue weighted by Gasteiger charge is 2.36. The van der Waals surface area contributed by atoms with Gasteiger partial charge in [-0.3, -0.25) is 0 Å². The van der Waals surface area contributed by atoms with Gasteiger partial charge in [0.1, 0.15) is 18.2 Å². The molecular weight excluding hydrogens is 702 g/mol. The summed E-state index contributed by atoms with van der Waals surface area (Å²) in [6.07, 6.45) is 0.440. The lowest BCUT2D eigenvalue weighted by atomic mass is 9.94. The van der Waals surface area contributed by atoms with Crippen molar-refractivity contribution in [3.63, 3.8) is 0 Å². The van der Waals surface area contributed by atoms with Gasteiger partial charge >= 0.3 is 6.09 Å². The molecule has 250 valence electrons. The van der Waals surface area contributed by atoms with Crippen LogP contribution in [0.1, 0.15) is 34.9 Å². The van der Waals surface area contributed by atoms with Crippen molar-refractivity contribution in [3.8, 4) is 11.8 Å². The van der Waals surface area contributed by atoms with E-state index in [9.17, 15) is 18.5 Å². The van der Waals surface area contributed by atoms with Gasteiger partial charge in [-0.1, -0.05) is 58.4 Å². The number of sulfone groups is 1. The zero-order valence-electron chi connectivity index (χ0n) is 26.5. The van der Waals surface area contributed by atoms with E-state index in [0.29, 0.717) is 29.4 Å². The summed E-state index contributed by atoms with van der Waals surface area (Å²) in [7, 11) is -2.24. The number of methoxy groups -OCH3 is 1. The van der Waals surface area contributed by atoms with Crippen LogP contribution in [0, 0.1) is 11.3 Å². The number of hydrogen-bond acceptors (Lipinski definition) is 11. The maximum Gasteiger partial charge on any atom is 0.410 e. The van der Waals surface area contributed by atoms with Crippen molar-refractivity contribution in [1.82, 2.24) is 14.9 Å². The maximum absolute atomic E-state index is 13.1. The molecule has 0 spiro atoms. The van der Waals surface area contributed by atoms with Crippen molar-refractivity contribution >= 4 is 48.5 Å². The fourth-order valence-corrected chi connectivity index (χ4v) is 7.22. The number of amides is 1. The number of hydrogen-bond donors (Lipinski definition) is 0. The fraction of sp³-hybridized carbons (Fsp3) is 0.353. The maximum atomic E-state index is 13.1. The number of carbonyl (C=O) groups is 1. The largest absolute Gasteiger partial charge is 0.468 e. The molecule has 0 N–H and O–H groups in total. The van der Waals surface area contributed by atoms with Gasteiger partial charge in [-0.15, -0.1) is 0 Å². The van der Waals surface area contributed by atoms with E-state index in [1.807, 2.05) is 65.6 Å². The van der Waals surface area contributed by atoms with Gasteiger partial charge in [0, 0.05) is 54.8 Å². The van der Waals surface area contributed by atoms with Crippen molar-refractivity contribution < 1.29 is 32.2 Å². The average Bonchev–Trinajstić information content (AvgIpc) is 3.09. The van der Waals surface area contributed by atoms with Crippen LogP contribution in [-0.4, -0.2) is 75.2 Å². The first-order valence-corrected chi connectivity index (χ1v) is 18.0. The Labute approximate surface area is 287 Å². The van der Waals surface area contributed by atoms with Crippen molar-refractivity contribution in [1.29, 1.82) is 5.26 Å². The van der Waals surface area contributed by atoms with Crippen LogP contribution < -0.4 is 9.64 Å². The highest BCUT2D eigenvalue weighted by atomic mass is 79.9. The first kappa shape index (κ1) is 33.6. The van der Waals surface area contributed by atoms with Gasteiger partial charge in [0.15, 0.2) is 6.79 Å². The van der Waals surface area contributed by atoms with Gasteiger partial charge in [-0.05, 0) is 34.7 Å². The molecule has 6 rings (SSSR count). The number of aromatic nitrogens is 2. The van der Waals surface area contributed by atoms with Crippen LogP contribution in [-0.2, 0) is 43.7 Å². The molecule has 4 aromatic rings. The number of benzene rings is 3. The number of piperazine rings is 1. The predicted octanol–water partition coefficient (Wildman–Crippen LogP) is 5.33. The number of fused-ring (bicyclic) bond motifs is 2. The zero-order valence-corrected chi connectivity index (χ0v) is 28.9. The topological polar surface area (TPSA) is 144 Å². The van der Waals surface area contributed by atoms with Gasteiger partial charge in [-0.2, -0.15) is 5.26 Å². The molecule has 1 saturated heterocycles. The van der Waals surface area contributed by atoms with E-state index in [-0.39, 0.29) is 51.1 Å². The number of nitrogens with zero attached hydrogens (tertiary/aromatic N) is 5. The van der Waals surface area contributed by atoms with E-state index in [4.69, 9.17) is 18.9 Å². The minimum atomic E-state index is -3.79. The molecule has 0 bridgehead atoms. The van der Waals surface area contributed by atoms with E-state index in [0.717, 1.165) is 32.6 Å². The Morgan fingerprint density at radius 2 is 1.94 bits per heavy atom. The van der Waals surface area contributed by atoms with Crippen LogP contribution in [0.2, 0.25) is 0 Å². The lowest BCUT2D eigenvalue weighted by molar-refractivity contribution is 0.0255. The summed E-state index contributed by atoms with van der Waals surface area (Å²) >= 11 is 3.69. The molecule has 1 aromatic heterocycles. The summed E-state index contributed by atoms with van der Waals surface area (Å²) in [5.74, 6) is 1.03. The number of anilines is 1. The van der Waals surface area contributed by atoms with Crippen LogP contribution in [0.15, 0.2) is 70.3 Å². The molecule has 1 unspecified atom stereocenters. The lowest BCUT2D eigenvalue weighted by Gasteiger charge is -2.41. The second-order valence-corrected chi connectivity index (χ2v) is 14.4. The third-order valence-corrected chi connectivity index (χ3v) is 9.87. The van der Waals surface area contributed by atoms with E-state index in [2.05, 4.69) is 32.0 Å². The number of halogens is 1. The average molecular weight is 737 g/mol. The monoisotopic (exact) mass is 735 g/mol. The number of nitriles is 1. The first-order chi connectivity index (χ1) is 23.2. The summed E-state index contributed by atoms with van der Waals surface area (Å²) in [5, 5.41) is 11.2. The molecule has 0 radical (unpaired) electrons. The SMILES string of the molecule is COCOc1cc(C2Cc3nc(S(C)(=O)=O)nc(N4CCN(C(=O)OCc5ccccc5)[C@@H](CC#N)C4)c3CO2)c2c(Br)cccc2c1. The summed E-state index contributed by atoms with van der Waals surface area (Å²) in [4.78, 5) is 25.6. The minimum absolute atomic E-state index is 0.0607. The molecule has 48 heavy (non-hydrogen) atoms. The highest BCUT2D eigenvalue weighted by molar-refractivity contribution is 9.10. The summed E-state index contributed by atoms with van der Waals surface area (Å²) in [6, 6.07) is 20.7. The fourth-order valence-electron chi connectivity index (χ4n) is 6.08. The molecule has 0 saturated carbocycles. The Bertz CT molecular complexity index is 1970. The zero-order chi connectivity index (χ0) is 33.8. The standard InChI is InChI=1S/C34H34BrN5O7S/c1-44-21-47-25-15-23-9-6-10-28(35)31(23)26(16-25)30-17-29-27(20-45-30)32(38-33(37-29)48(2,42)43)39-13-14-40(24(18-39)11-12-36)34(41)46-19-22-7-4-3-5-8-22/h3-10,15-16,24,30H,11,13-14,17-21H2,1-2H3/t24-,30?/m0/s1. The van der Waals surface area contributed by atoms with Gasteiger partial charge in [0.25, 0.3) is 0 Å². The summed E-state index contributed by atoms with van der Waals surface area (Å²) in [6.45, 7) is 1.16. The van der Waals surface area contributed by atoms with Gasteiger partial charge in [0.2, 0.25) is 15.0 Å². The number of rotatable bonds is 9. The van der Waals surface area contributed by atoms with E-state index >= 15 is 0 Å². The normalized spacial score (nSPS) is 17.9. The molecule has 3 aromatic carbocycles. The summed E-state index contributed by atoms with van der Waals surface area (Å²) in [5.41, 5.74) is 2.94. The predicted molar refractivity (Wildman–Crippen MR) is 180 cm³/mol. The molecule has 3 heterocycles. The molecule has 2 aliphatic rings. The van der Waals surface area contributed by atoms with Crippen molar-refractivity contribution in [2.45, 2.75) is 43.4 Å². The van der Waals surface area contributed by atoms with Crippen LogP contribution in [0.25, 0.3) is 10.8 Å². The second-order valence-electron chi connectivity index (χ2n) is 11.6. The second kappa shape index (κ2) is 14.4. The van der Waals surface area contributed by atoms with Crippen molar-refractivity contribution in [2.24, 2.45) is 0 Å². The molecule has 2 atom stereocenters. The number of carbonyl (C=O) groups excluding carboxylic acids is 1. The molecule has 1 fully saturated rings. The molecule has 2 aliphatic heterocycles. The minimum Gasteiger partial charge on any atom is -0.468 e. The molecule has 14 heteroatoms. The Kier molecular flexibility index (Phi) is 10.1. The first-order valence-electron chi connectivity index (χ1n) is 15.3. The van der Waals surface area contributed by atoms with E-state index in [1.165, 1.54) is 0 Å². The molecular formula is C34H34BrN5O7S. The molecule has 0 aliphatic carbocycles. The van der Waals surface area contributed by atoms with Crippen molar-refractivity contribution in [2.75, 3.05) is 44.7 Å². The van der Waals surface area contributed by atoms with Gasteiger partial charge in [-0.25, -0.2) is 23.2 Å². The Hall–Kier alpha value is -4.29. The Morgan fingerprint density at radius 1 is 1.12 bits per heavy atom. The lowest BCUT2D eigenvalue weighted by Crippen LogP contribution is -2.55. The van der Waals surface area contributed by atoms with E-state index in [1.54, 1.807) is 12.0 Å². The third kappa shape index (κ3) is 7.24. The van der Waals surface area contributed by atoms with Crippen LogP contribution >= 0.6 is 15.9 Å². The summed E-state index contributed by atoms with van der Waals surface area (Å²) < 4.78 is 49.5.